The zero-order chi connectivity index (χ0) is 24.9. The molecule has 10 heteroatoms. The van der Waals surface area contributed by atoms with Crippen LogP contribution >= 0.6 is 0 Å². The van der Waals surface area contributed by atoms with Crippen molar-refractivity contribution in [1.82, 2.24) is 9.78 Å². The molecule has 0 aliphatic carbocycles. The number of hydrogen-bond acceptors (Lipinski definition) is 5. The number of benzene rings is 2. The molecule has 0 fully saturated rings. The van der Waals surface area contributed by atoms with E-state index in [1.54, 1.807) is 0 Å². The normalized spacial score (nSPS) is 12.5. The van der Waals surface area contributed by atoms with Gasteiger partial charge in [-0.25, -0.2) is 4.39 Å². The van der Waals surface area contributed by atoms with Gasteiger partial charge in [0.25, 0.3) is 5.56 Å². The molecule has 180 valence electrons. The summed E-state index contributed by atoms with van der Waals surface area (Å²) in [7, 11) is 1.48. The number of aromatic nitrogens is 2. The molecule has 1 atom stereocenters. The van der Waals surface area contributed by atoms with Crippen molar-refractivity contribution < 1.29 is 32.2 Å². The zero-order valence-corrected chi connectivity index (χ0v) is 18.2. The first kappa shape index (κ1) is 25.3. The van der Waals surface area contributed by atoms with E-state index in [0.717, 1.165) is 22.9 Å². The fraction of sp³-hybridized carbons (Fsp3) is 0.292. The molecule has 3 rings (SSSR count). The smallest absolute Gasteiger partial charge is 0.396 e. The van der Waals surface area contributed by atoms with Gasteiger partial charge >= 0.3 is 6.18 Å². The van der Waals surface area contributed by atoms with Crippen molar-refractivity contribution in [1.29, 1.82) is 0 Å². The summed E-state index contributed by atoms with van der Waals surface area (Å²) in [6.07, 6.45) is -4.31. The van der Waals surface area contributed by atoms with E-state index in [2.05, 4.69) is 5.10 Å². The maximum Gasteiger partial charge on any atom is 0.416 e. The molecule has 0 saturated carbocycles. The summed E-state index contributed by atoms with van der Waals surface area (Å²) in [6.45, 7) is 0.00319. The molecule has 0 bridgehead atoms. The maximum atomic E-state index is 13.8. The number of hydrogen-bond donors (Lipinski definition) is 1. The molecule has 1 unspecified atom stereocenters. The van der Waals surface area contributed by atoms with Gasteiger partial charge in [0, 0.05) is 32.3 Å². The Morgan fingerprint density at radius 2 is 1.85 bits per heavy atom. The Kier molecular flexibility index (Phi) is 7.95. The second-order valence-electron chi connectivity index (χ2n) is 7.67. The van der Waals surface area contributed by atoms with E-state index in [1.165, 1.54) is 43.5 Å². The van der Waals surface area contributed by atoms with Gasteiger partial charge in [0.2, 0.25) is 0 Å². The predicted octanol–water partition coefficient (Wildman–Crippen LogP) is 4.28. The Morgan fingerprint density at radius 3 is 2.44 bits per heavy atom. The number of methoxy groups -OCH3 is 1. The third kappa shape index (κ3) is 5.95. The van der Waals surface area contributed by atoms with Crippen LogP contribution in [0.2, 0.25) is 0 Å². The van der Waals surface area contributed by atoms with E-state index in [9.17, 15) is 32.3 Å². The van der Waals surface area contributed by atoms with Crippen LogP contribution in [0.15, 0.2) is 59.4 Å². The van der Waals surface area contributed by atoms with E-state index in [1.807, 2.05) is 0 Å². The number of alkyl halides is 3. The second-order valence-corrected chi connectivity index (χ2v) is 7.67. The Bertz CT molecular complexity index is 1210. The largest absolute Gasteiger partial charge is 0.416 e. The molecule has 0 saturated heterocycles. The highest BCUT2D eigenvalue weighted by molar-refractivity contribution is 5.96. The minimum Gasteiger partial charge on any atom is -0.396 e. The molecule has 0 aliphatic heterocycles. The lowest BCUT2D eigenvalue weighted by Crippen LogP contribution is -2.29. The van der Waals surface area contributed by atoms with Crippen LogP contribution in [0.5, 0.6) is 0 Å². The lowest BCUT2D eigenvalue weighted by molar-refractivity contribution is -0.137. The second kappa shape index (κ2) is 10.7. The minimum atomic E-state index is -4.53. The molecule has 1 aromatic heterocycles. The average molecular weight is 478 g/mol. The standard InChI is InChI=1S/C24H22F4N2O4/c1-34-10-9-15(14-31)11-22(32)20-13-21(16-5-7-17(8-6-16)24(26,27)28)29-30(23(20)33)19-4-2-3-18(25)12-19/h2-8,12-13,15,31H,9-11,14H2,1H3. The average Bonchev–Trinajstić information content (AvgIpc) is 2.81. The van der Waals surface area contributed by atoms with Gasteiger partial charge in [0.05, 0.1) is 22.5 Å². The molecular weight excluding hydrogens is 456 g/mol. The van der Waals surface area contributed by atoms with Crippen LogP contribution in [0, 0.1) is 11.7 Å². The lowest BCUT2D eigenvalue weighted by atomic mass is 9.96. The van der Waals surface area contributed by atoms with Crippen molar-refractivity contribution in [3.8, 4) is 16.9 Å². The molecule has 6 nitrogen and oxygen atoms in total. The number of carbonyl (C=O) groups is 1. The van der Waals surface area contributed by atoms with E-state index >= 15 is 0 Å². The van der Waals surface area contributed by atoms with Gasteiger partial charge in [-0.1, -0.05) is 18.2 Å². The number of halogens is 4. The third-order valence-corrected chi connectivity index (χ3v) is 5.24. The summed E-state index contributed by atoms with van der Waals surface area (Å²) in [5, 5.41) is 13.7. The first-order valence-corrected chi connectivity index (χ1v) is 10.3. The summed E-state index contributed by atoms with van der Waals surface area (Å²) in [5.74, 6) is -1.68. The summed E-state index contributed by atoms with van der Waals surface area (Å²) >= 11 is 0. The maximum absolute atomic E-state index is 13.8. The van der Waals surface area contributed by atoms with Gasteiger partial charge in [-0.2, -0.15) is 23.0 Å². The van der Waals surface area contributed by atoms with Crippen LogP contribution in [-0.2, 0) is 10.9 Å². The van der Waals surface area contributed by atoms with E-state index in [-0.39, 0.29) is 35.5 Å². The highest BCUT2D eigenvalue weighted by atomic mass is 19.4. The predicted molar refractivity (Wildman–Crippen MR) is 116 cm³/mol. The number of aliphatic hydroxyl groups excluding tert-OH is 1. The number of Topliss-reactive ketones (excluding diaryl/α,β-unsaturated/α-hetero) is 1. The van der Waals surface area contributed by atoms with Crippen molar-refractivity contribution in [3.63, 3.8) is 0 Å². The summed E-state index contributed by atoms with van der Waals surface area (Å²) in [5.41, 5.74) is -1.62. The Morgan fingerprint density at radius 1 is 1.15 bits per heavy atom. The van der Waals surface area contributed by atoms with Crippen LogP contribution < -0.4 is 5.56 Å². The quantitative estimate of drug-likeness (QED) is 0.367. The van der Waals surface area contributed by atoms with Gasteiger partial charge in [-0.15, -0.1) is 0 Å². The highest BCUT2D eigenvalue weighted by Gasteiger charge is 2.30. The van der Waals surface area contributed by atoms with Gasteiger partial charge in [-0.05, 0) is 48.7 Å². The summed E-state index contributed by atoms with van der Waals surface area (Å²) in [6, 6.07) is 10.3. The first-order valence-electron chi connectivity index (χ1n) is 10.3. The molecule has 0 spiro atoms. The Labute approximate surface area is 192 Å². The van der Waals surface area contributed by atoms with Crippen molar-refractivity contribution >= 4 is 5.78 Å². The van der Waals surface area contributed by atoms with Crippen LogP contribution in [0.1, 0.15) is 28.8 Å². The van der Waals surface area contributed by atoms with Crippen LogP contribution in [-0.4, -0.2) is 41.0 Å². The molecule has 0 aliphatic rings. The fourth-order valence-corrected chi connectivity index (χ4v) is 3.36. The molecule has 1 heterocycles. The topological polar surface area (TPSA) is 81.4 Å². The Hall–Kier alpha value is -3.37. The molecule has 0 amide bonds. The van der Waals surface area contributed by atoms with E-state index in [4.69, 9.17) is 4.74 Å². The highest BCUT2D eigenvalue weighted by Crippen LogP contribution is 2.30. The van der Waals surface area contributed by atoms with Crippen LogP contribution in [0.3, 0.4) is 0 Å². The van der Waals surface area contributed by atoms with Crippen molar-refractivity contribution in [2.75, 3.05) is 20.3 Å². The van der Waals surface area contributed by atoms with Crippen LogP contribution in [0.25, 0.3) is 16.9 Å². The number of nitrogens with zero attached hydrogens (tertiary/aromatic N) is 2. The van der Waals surface area contributed by atoms with Gasteiger partial charge in [0.1, 0.15) is 5.82 Å². The molecule has 0 radical (unpaired) electrons. The van der Waals surface area contributed by atoms with Crippen LogP contribution in [0.4, 0.5) is 17.6 Å². The van der Waals surface area contributed by atoms with Gasteiger partial charge in [-0.3, -0.25) is 9.59 Å². The summed E-state index contributed by atoms with van der Waals surface area (Å²) in [4.78, 5) is 26.1. The number of aliphatic hydroxyl groups is 1. The number of rotatable bonds is 9. The monoisotopic (exact) mass is 478 g/mol. The molecule has 34 heavy (non-hydrogen) atoms. The first-order chi connectivity index (χ1) is 16.1. The number of ketones is 1. The zero-order valence-electron chi connectivity index (χ0n) is 18.2. The number of carbonyl (C=O) groups excluding carboxylic acids is 1. The molecule has 3 aromatic rings. The SMILES string of the molecule is COCCC(CO)CC(=O)c1cc(-c2ccc(C(F)(F)F)cc2)nn(-c2cccc(F)c2)c1=O. The Balaban J connectivity index is 2.10. The molecule has 2 aromatic carbocycles. The van der Waals surface area contributed by atoms with Crippen molar-refractivity contribution in [2.45, 2.75) is 19.0 Å². The number of ether oxygens (including phenoxy) is 1. The lowest BCUT2D eigenvalue weighted by Gasteiger charge is -2.14. The fourth-order valence-electron chi connectivity index (χ4n) is 3.36. The minimum absolute atomic E-state index is 0.0471. The molecule has 1 N–H and O–H groups in total. The van der Waals surface area contributed by atoms with Gasteiger partial charge < -0.3 is 9.84 Å². The molecular formula is C24H22F4N2O4. The van der Waals surface area contributed by atoms with Crippen molar-refractivity contribution in [2.24, 2.45) is 5.92 Å². The summed E-state index contributed by atoms with van der Waals surface area (Å²) < 4.78 is 58.4. The van der Waals surface area contributed by atoms with Gasteiger partial charge in [0.15, 0.2) is 5.78 Å². The van der Waals surface area contributed by atoms with E-state index in [0.29, 0.717) is 13.0 Å². The third-order valence-electron chi connectivity index (χ3n) is 5.24. The van der Waals surface area contributed by atoms with E-state index < -0.39 is 34.8 Å². The van der Waals surface area contributed by atoms with Crippen molar-refractivity contribution in [3.05, 3.63) is 81.9 Å².